The first kappa shape index (κ1) is 17.0. The number of nitrogens with one attached hydrogen (secondary N) is 1. The maximum Gasteiger partial charge on any atom is 0.387 e. The summed E-state index contributed by atoms with van der Waals surface area (Å²) in [6.07, 6.45) is 0. The van der Waals surface area contributed by atoms with Gasteiger partial charge in [0.15, 0.2) is 11.5 Å². The number of nitrogen functional groups attached to an aromatic ring is 1. The predicted molar refractivity (Wildman–Crippen MR) is 83.0 cm³/mol. The van der Waals surface area contributed by atoms with Crippen molar-refractivity contribution in [2.45, 2.75) is 20.1 Å². The van der Waals surface area contributed by atoms with Crippen molar-refractivity contribution in [3.05, 3.63) is 35.0 Å². The molecule has 0 fully saturated rings. The highest BCUT2D eigenvalue weighted by molar-refractivity contribution is 6.29. The normalized spacial score (nSPS) is 10.7. The Bertz CT molecular complexity index is 653. The Labute approximate surface area is 136 Å². The van der Waals surface area contributed by atoms with E-state index in [1.54, 1.807) is 19.1 Å². The summed E-state index contributed by atoms with van der Waals surface area (Å²) in [5.74, 6) is 0.733. The Balaban J connectivity index is 2.11. The molecular weight excluding hydrogens is 330 g/mol. The lowest BCUT2D eigenvalue weighted by Crippen LogP contribution is -2.07. The molecule has 2 rings (SSSR count). The van der Waals surface area contributed by atoms with Crippen LogP contribution in [-0.4, -0.2) is 23.2 Å². The van der Waals surface area contributed by atoms with Crippen LogP contribution in [-0.2, 0) is 6.54 Å². The van der Waals surface area contributed by atoms with Crippen LogP contribution < -0.4 is 20.5 Å². The van der Waals surface area contributed by atoms with Gasteiger partial charge in [0, 0.05) is 12.6 Å². The predicted octanol–water partition coefficient (Wildman–Crippen LogP) is 3.32. The summed E-state index contributed by atoms with van der Waals surface area (Å²) in [6, 6.07) is 6.20. The highest BCUT2D eigenvalue weighted by Gasteiger charge is 2.11. The van der Waals surface area contributed by atoms with E-state index in [1.165, 1.54) is 12.1 Å². The summed E-state index contributed by atoms with van der Waals surface area (Å²) in [6.45, 7) is -0.469. The molecule has 6 nitrogen and oxygen atoms in total. The highest BCUT2D eigenvalue weighted by Crippen LogP contribution is 2.30. The Kier molecular flexibility index (Phi) is 5.75. The topological polar surface area (TPSA) is 82.3 Å². The number of aromatic nitrogens is 2. The lowest BCUT2D eigenvalue weighted by atomic mass is 10.2. The van der Waals surface area contributed by atoms with Crippen molar-refractivity contribution >= 4 is 23.4 Å². The highest BCUT2D eigenvalue weighted by atomic mass is 35.5. The molecule has 0 aliphatic rings. The van der Waals surface area contributed by atoms with Crippen molar-refractivity contribution in [1.29, 1.82) is 0 Å². The van der Waals surface area contributed by atoms with E-state index in [0.29, 0.717) is 19.0 Å². The second kappa shape index (κ2) is 7.77. The number of hydrogen-bond acceptors (Lipinski definition) is 6. The molecule has 1 aromatic carbocycles. The van der Waals surface area contributed by atoms with Gasteiger partial charge in [-0.1, -0.05) is 17.7 Å². The van der Waals surface area contributed by atoms with Crippen molar-refractivity contribution in [3.8, 4) is 11.5 Å². The third kappa shape index (κ3) is 5.10. The number of hydrogen-bond donors (Lipinski definition) is 2. The summed E-state index contributed by atoms with van der Waals surface area (Å²) in [4.78, 5) is 7.73. The maximum atomic E-state index is 12.4. The van der Waals surface area contributed by atoms with E-state index in [1.807, 2.05) is 0 Å². The fraction of sp³-hybridized carbons (Fsp3) is 0.286. The first-order valence-electron chi connectivity index (χ1n) is 6.72. The molecule has 0 radical (unpaired) electrons. The fourth-order valence-corrected chi connectivity index (χ4v) is 2.03. The number of ether oxygens (including phenoxy) is 2. The van der Waals surface area contributed by atoms with E-state index >= 15 is 0 Å². The summed E-state index contributed by atoms with van der Waals surface area (Å²) in [5.41, 5.74) is 6.28. The van der Waals surface area contributed by atoms with Crippen molar-refractivity contribution in [2.24, 2.45) is 0 Å². The Morgan fingerprint density at radius 2 is 2.04 bits per heavy atom. The zero-order valence-electron chi connectivity index (χ0n) is 12.2. The van der Waals surface area contributed by atoms with Gasteiger partial charge in [0.1, 0.15) is 11.0 Å². The number of anilines is 2. The van der Waals surface area contributed by atoms with Gasteiger partial charge in [0.2, 0.25) is 5.95 Å². The van der Waals surface area contributed by atoms with Gasteiger partial charge >= 0.3 is 6.61 Å². The fourth-order valence-electron chi connectivity index (χ4n) is 1.84. The number of nitrogens with two attached hydrogens (primary N) is 1. The summed E-state index contributed by atoms with van der Waals surface area (Å²) < 4.78 is 34.4. The summed E-state index contributed by atoms with van der Waals surface area (Å²) in [5, 5.41) is 3.23. The van der Waals surface area contributed by atoms with Gasteiger partial charge in [0.25, 0.3) is 0 Å². The van der Waals surface area contributed by atoms with E-state index in [0.717, 1.165) is 5.56 Å². The number of halogens is 3. The van der Waals surface area contributed by atoms with Gasteiger partial charge in [-0.3, -0.25) is 0 Å². The standard InChI is InChI=1S/C14H15ClF2N4O2/c1-2-22-10-5-8(3-4-9(10)23-13(16)17)7-19-12-6-11(15)20-14(18)21-12/h3-6,13H,2,7H2,1H3,(H3,18,19,20,21). The minimum atomic E-state index is -2.91. The molecule has 0 saturated heterocycles. The van der Waals surface area contributed by atoms with Crippen LogP contribution in [0.5, 0.6) is 11.5 Å². The van der Waals surface area contributed by atoms with Crippen molar-refractivity contribution in [2.75, 3.05) is 17.7 Å². The molecule has 0 bridgehead atoms. The van der Waals surface area contributed by atoms with Crippen LogP contribution in [0.25, 0.3) is 0 Å². The van der Waals surface area contributed by atoms with E-state index in [2.05, 4.69) is 20.0 Å². The lowest BCUT2D eigenvalue weighted by molar-refractivity contribution is -0.0514. The largest absolute Gasteiger partial charge is 0.490 e. The van der Waals surface area contributed by atoms with Crippen molar-refractivity contribution < 1.29 is 18.3 Å². The number of benzene rings is 1. The van der Waals surface area contributed by atoms with E-state index < -0.39 is 6.61 Å². The summed E-state index contributed by atoms with van der Waals surface area (Å²) in [7, 11) is 0. The monoisotopic (exact) mass is 344 g/mol. The number of nitrogens with zero attached hydrogens (tertiary/aromatic N) is 2. The van der Waals surface area contributed by atoms with E-state index in [-0.39, 0.29) is 22.6 Å². The average molecular weight is 345 g/mol. The van der Waals surface area contributed by atoms with Crippen molar-refractivity contribution in [1.82, 2.24) is 9.97 Å². The molecule has 1 aromatic heterocycles. The van der Waals surface area contributed by atoms with Crippen LogP contribution in [0.4, 0.5) is 20.5 Å². The Morgan fingerprint density at radius 3 is 2.70 bits per heavy atom. The molecule has 9 heteroatoms. The van der Waals surface area contributed by atoms with Gasteiger partial charge in [-0.15, -0.1) is 0 Å². The minimum absolute atomic E-state index is 0.0140. The molecule has 0 unspecified atom stereocenters. The van der Waals surface area contributed by atoms with Crippen LogP contribution in [0.3, 0.4) is 0 Å². The second-order valence-corrected chi connectivity index (χ2v) is 4.77. The quantitative estimate of drug-likeness (QED) is 0.750. The van der Waals surface area contributed by atoms with Gasteiger partial charge in [-0.2, -0.15) is 13.8 Å². The first-order chi connectivity index (χ1) is 11.0. The number of rotatable bonds is 7. The molecule has 0 atom stereocenters. The van der Waals surface area contributed by atoms with Crippen LogP contribution in [0, 0.1) is 0 Å². The second-order valence-electron chi connectivity index (χ2n) is 4.38. The molecule has 0 spiro atoms. The molecule has 1 heterocycles. The molecule has 23 heavy (non-hydrogen) atoms. The molecular formula is C14H15ClF2N4O2. The van der Waals surface area contributed by atoms with E-state index in [4.69, 9.17) is 22.1 Å². The number of alkyl halides is 2. The molecule has 0 saturated carbocycles. The van der Waals surface area contributed by atoms with Gasteiger partial charge < -0.3 is 20.5 Å². The Morgan fingerprint density at radius 1 is 1.26 bits per heavy atom. The van der Waals surface area contributed by atoms with Crippen molar-refractivity contribution in [3.63, 3.8) is 0 Å². The minimum Gasteiger partial charge on any atom is -0.490 e. The molecule has 0 aliphatic heterocycles. The molecule has 3 N–H and O–H groups in total. The molecule has 2 aromatic rings. The summed E-state index contributed by atoms with van der Waals surface area (Å²) >= 11 is 5.79. The molecule has 0 aliphatic carbocycles. The third-order valence-corrected chi connectivity index (χ3v) is 2.90. The smallest absolute Gasteiger partial charge is 0.387 e. The zero-order chi connectivity index (χ0) is 16.8. The van der Waals surface area contributed by atoms with E-state index in [9.17, 15) is 8.78 Å². The SMILES string of the molecule is CCOc1cc(CNc2cc(Cl)nc(N)n2)ccc1OC(F)F. The van der Waals surface area contributed by atoms with Crippen LogP contribution in [0.1, 0.15) is 12.5 Å². The van der Waals surface area contributed by atoms with Gasteiger partial charge in [-0.05, 0) is 24.6 Å². The van der Waals surface area contributed by atoms with Crippen LogP contribution >= 0.6 is 11.6 Å². The van der Waals surface area contributed by atoms with Crippen LogP contribution in [0.15, 0.2) is 24.3 Å². The van der Waals surface area contributed by atoms with Gasteiger partial charge in [-0.25, -0.2) is 4.98 Å². The first-order valence-corrected chi connectivity index (χ1v) is 7.10. The van der Waals surface area contributed by atoms with Crippen LogP contribution in [0.2, 0.25) is 5.15 Å². The zero-order valence-corrected chi connectivity index (χ0v) is 13.0. The maximum absolute atomic E-state index is 12.4. The van der Waals surface area contributed by atoms with Gasteiger partial charge in [0.05, 0.1) is 6.61 Å². The lowest BCUT2D eigenvalue weighted by Gasteiger charge is -2.13. The Hall–Kier alpha value is -2.35. The third-order valence-electron chi connectivity index (χ3n) is 2.71. The molecule has 0 amide bonds. The average Bonchev–Trinajstić information content (AvgIpc) is 2.46. The molecule has 124 valence electrons.